The fraction of sp³-hybridized carbons (Fsp3) is 0.576. The number of aliphatic carboxylic acids is 5. The van der Waals surface area contributed by atoms with Gasteiger partial charge in [0.2, 0.25) is 11.8 Å². The van der Waals surface area contributed by atoms with Crippen LogP contribution in [0.2, 0.25) is 0 Å². The normalized spacial score (nSPS) is 17.8. The summed E-state index contributed by atoms with van der Waals surface area (Å²) in [6.45, 7) is -3.95. The molecule has 0 aliphatic carbocycles. The quantitative estimate of drug-likeness (QED) is 0.0386. The van der Waals surface area contributed by atoms with Crippen LogP contribution in [0.4, 0.5) is 10.5 Å². The summed E-state index contributed by atoms with van der Waals surface area (Å²) in [4.78, 5) is 97.5. The van der Waals surface area contributed by atoms with E-state index in [0.29, 0.717) is 22.9 Å². The largest absolute Gasteiger partial charge is 0.480 e. The number of hydrogen-bond donors (Lipinski definition) is 9. The maximum atomic E-state index is 12.5. The van der Waals surface area contributed by atoms with Crippen LogP contribution in [0.3, 0.4) is 0 Å². The van der Waals surface area contributed by atoms with Crippen LogP contribution in [0, 0.1) is 40.4 Å². The molecule has 55 heavy (non-hydrogen) atoms. The molecular weight excluding hydrogens is 885 g/mol. The number of hydrogen-bond acceptors (Lipinski definition) is 12. The smallest absolute Gasteiger partial charge is 0.317 e. The molecule has 1 aromatic carbocycles. The molecule has 3 rings (SSSR count). The number of carbonyl (C=O) groups excluding carboxylic acids is 3. The number of thioether (sulfide) groups is 1. The topological polar surface area (TPSA) is 296 Å². The molecule has 22 heteroatoms. The molecule has 0 aromatic heterocycles. The number of amides is 4. The monoisotopic (exact) mass is 933 g/mol. The summed E-state index contributed by atoms with van der Waals surface area (Å²) in [5, 5.41) is 58.3. The summed E-state index contributed by atoms with van der Waals surface area (Å²) >= 11 is 1.80. The van der Waals surface area contributed by atoms with E-state index in [4.69, 9.17) is 10.2 Å². The molecule has 304 valence electrons. The minimum Gasteiger partial charge on any atom is -0.480 e. The Bertz CT molecular complexity index is 1490. The minimum absolute atomic E-state index is 0. The molecule has 2 aliphatic rings. The summed E-state index contributed by atoms with van der Waals surface area (Å²) in [6.07, 6.45) is 2.57. The maximum Gasteiger partial charge on any atom is 0.317 e. The average Bonchev–Trinajstić information content (AvgIpc) is 3.62. The van der Waals surface area contributed by atoms with Crippen molar-refractivity contribution in [2.45, 2.75) is 55.5 Å². The number of carboxylic acids is 5. The molecule has 1 aromatic rings. The van der Waals surface area contributed by atoms with Crippen LogP contribution in [0.25, 0.3) is 0 Å². The Kier molecular flexibility index (Phi) is 20.8. The third-order valence-corrected chi connectivity index (χ3v) is 10.2. The molecule has 20 nitrogen and oxygen atoms in total. The van der Waals surface area contributed by atoms with Crippen molar-refractivity contribution in [1.29, 1.82) is 0 Å². The zero-order valence-corrected chi connectivity index (χ0v) is 33.3. The van der Waals surface area contributed by atoms with Gasteiger partial charge in [-0.2, -0.15) is 11.8 Å². The maximum absolute atomic E-state index is 12.5. The van der Waals surface area contributed by atoms with E-state index in [2.05, 4.69) is 21.3 Å². The Morgan fingerprint density at radius 3 is 1.91 bits per heavy atom. The third-order valence-electron chi connectivity index (χ3n) is 8.71. The van der Waals surface area contributed by atoms with Crippen molar-refractivity contribution in [1.82, 2.24) is 30.7 Å². The van der Waals surface area contributed by atoms with Crippen molar-refractivity contribution in [3.8, 4) is 0 Å². The molecule has 2 heterocycles. The second kappa shape index (κ2) is 24.1. The van der Waals surface area contributed by atoms with E-state index in [0.717, 1.165) is 28.4 Å². The Hall–Kier alpha value is -3.65. The van der Waals surface area contributed by atoms with Crippen molar-refractivity contribution in [3.63, 3.8) is 0 Å². The Morgan fingerprint density at radius 1 is 0.764 bits per heavy atom. The van der Waals surface area contributed by atoms with Gasteiger partial charge in [0, 0.05) is 89.2 Å². The summed E-state index contributed by atoms with van der Waals surface area (Å²) in [5.41, 5.74) is 0.964. The average molecular weight is 932 g/mol. The Morgan fingerprint density at radius 2 is 1.33 bits per heavy atom. The Labute approximate surface area is 353 Å². The third kappa shape index (κ3) is 18.2. The first-order valence-electron chi connectivity index (χ1n) is 17.2. The number of unbranched alkanes of at least 4 members (excludes halogenated alkanes) is 1. The van der Waals surface area contributed by atoms with Crippen LogP contribution >= 0.6 is 11.8 Å². The van der Waals surface area contributed by atoms with Crippen LogP contribution in [0.15, 0.2) is 24.3 Å². The van der Waals surface area contributed by atoms with Crippen LogP contribution in [-0.2, 0) is 40.0 Å². The zero-order chi connectivity index (χ0) is 39.8. The molecule has 0 spiro atoms. The number of nitrogens with one attached hydrogen (secondary N) is 4. The second-order valence-electron chi connectivity index (χ2n) is 13.1. The summed E-state index contributed by atoms with van der Waals surface area (Å²) < 4.78 is 0. The Balaban J connectivity index is 0.0000105. The standard InChI is InChI=1S/C33H47N7O13S.Sm/c41-25(4-2-1-3-24-32-23(19-54-24)36-33(53)37-32)34-12-26(42)35-21-7-5-20(6-8-21)11-22(40(17-30(49)50)18-31(51)52)13-38(14-27(43)44)9-10-39(15-28(45)46)16-29(47)48;/h5-8,22-24,32H,1-4,9-19H2,(H,34,41)(H,35,42)(H,43,44)(H,45,46)(H,47,48)(H,49,50)(H,51,52)(H2,36,37,53);. The van der Waals surface area contributed by atoms with Gasteiger partial charge in [-0.1, -0.05) is 18.6 Å². The van der Waals surface area contributed by atoms with E-state index >= 15 is 0 Å². The fourth-order valence-electron chi connectivity index (χ4n) is 6.32. The molecule has 4 unspecified atom stereocenters. The molecule has 2 aliphatic heterocycles. The van der Waals surface area contributed by atoms with Gasteiger partial charge in [-0.15, -0.1) is 0 Å². The number of carbonyl (C=O) groups is 8. The van der Waals surface area contributed by atoms with Gasteiger partial charge in [0.25, 0.3) is 0 Å². The summed E-state index contributed by atoms with van der Waals surface area (Å²) in [6, 6.07) is 5.55. The van der Waals surface area contributed by atoms with E-state index < -0.39 is 74.5 Å². The van der Waals surface area contributed by atoms with Gasteiger partial charge in [-0.3, -0.25) is 48.3 Å². The number of nitrogens with zero attached hydrogens (tertiary/aromatic N) is 3. The van der Waals surface area contributed by atoms with Gasteiger partial charge in [0.1, 0.15) is 0 Å². The number of anilines is 1. The molecular formula is C33H47N7O13SSm. The first-order valence-corrected chi connectivity index (χ1v) is 18.2. The number of fused-ring (bicyclic) bond motifs is 1. The van der Waals surface area contributed by atoms with E-state index in [1.165, 1.54) is 4.90 Å². The van der Waals surface area contributed by atoms with E-state index in [9.17, 15) is 53.7 Å². The predicted molar refractivity (Wildman–Crippen MR) is 192 cm³/mol. The molecule has 0 bridgehead atoms. The number of rotatable bonds is 26. The number of carboxylic acid groups (broad SMARTS) is 5. The van der Waals surface area contributed by atoms with Crippen molar-refractivity contribution in [2.75, 3.05) is 70.0 Å². The molecule has 4 atom stereocenters. The van der Waals surface area contributed by atoms with Crippen molar-refractivity contribution < 1.29 is 104 Å². The first-order chi connectivity index (χ1) is 25.6. The van der Waals surface area contributed by atoms with E-state index in [-0.39, 0.29) is 103 Å². The van der Waals surface area contributed by atoms with Crippen LogP contribution in [-0.4, -0.2) is 176 Å². The molecule has 0 saturated carbocycles. The summed E-state index contributed by atoms with van der Waals surface area (Å²) in [5.74, 6) is -6.42. The molecule has 0 radical (unpaired) electrons. The van der Waals surface area contributed by atoms with Gasteiger partial charge in [0.15, 0.2) is 0 Å². The SMILES string of the molecule is O=C(O)CN(CCN(CC(=O)O)CC(Cc1ccc(NC(=O)CNC(=O)CCCCC2SCC3NC(=O)NC32)cc1)N(CC(=O)O)CC(=O)O)CC(=O)O.[Sm]. The van der Waals surface area contributed by atoms with E-state index in [1.54, 1.807) is 36.0 Å². The molecule has 2 saturated heterocycles. The molecule has 4 amide bonds. The number of urea groups is 1. The van der Waals surface area contributed by atoms with Crippen LogP contribution in [0.1, 0.15) is 31.2 Å². The van der Waals surface area contributed by atoms with Crippen molar-refractivity contribution in [3.05, 3.63) is 29.8 Å². The van der Waals surface area contributed by atoms with Gasteiger partial charge in [-0.25, -0.2) is 4.79 Å². The second-order valence-corrected chi connectivity index (χ2v) is 14.3. The first kappa shape index (κ1) is 47.5. The van der Waals surface area contributed by atoms with Crippen LogP contribution in [0.5, 0.6) is 0 Å². The summed E-state index contributed by atoms with van der Waals surface area (Å²) in [7, 11) is 0. The molecule has 2 fully saturated rings. The van der Waals surface area contributed by atoms with Gasteiger partial charge in [0.05, 0.1) is 51.4 Å². The fourth-order valence-corrected chi connectivity index (χ4v) is 7.86. The van der Waals surface area contributed by atoms with Gasteiger partial charge < -0.3 is 46.8 Å². The zero-order valence-electron chi connectivity index (χ0n) is 29.9. The number of benzene rings is 1. The van der Waals surface area contributed by atoms with E-state index in [1.807, 2.05) is 0 Å². The predicted octanol–water partition coefficient (Wildman–Crippen LogP) is -1.29. The van der Waals surface area contributed by atoms with Crippen molar-refractivity contribution in [2.24, 2.45) is 0 Å². The van der Waals surface area contributed by atoms with Crippen LogP contribution < -0.4 is 21.3 Å². The minimum atomic E-state index is -1.33. The van der Waals surface area contributed by atoms with Crippen molar-refractivity contribution >= 4 is 65.1 Å². The van der Waals surface area contributed by atoms with Gasteiger partial charge in [-0.05, 0) is 37.0 Å². The molecule has 9 N–H and O–H groups in total. The van der Waals surface area contributed by atoms with Gasteiger partial charge >= 0.3 is 35.9 Å².